The van der Waals surface area contributed by atoms with Crippen molar-refractivity contribution in [3.63, 3.8) is 0 Å². The number of nitrogens with zero attached hydrogens (tertiary/aromatic N) is 2. The van der Waals surface area contributed by atoms with Crippen LogP contribution in [0.3, 0.4) is 0 Å². The minimum atomic E-state index is -0.565. The van der Waals surface area contributed by atoms with E-state index in [1.54, 1.807) is 6.92 Å². The van der Waals surface area contributed by atoms with Gasteiger partial charge in [-0.3, -0.25) is 19.9 Å². The Hall–Kier alpha value is -1.73. The SMILES string of the molecule is CNCCCNC(=O)c1cc([N+](=O)[O-])cnc1C.Cl. The third-order valence-electron chi connectivity index (χ3n) is 2.42. The number of aromatic nitrogens is 1. The van der Waals surface area contributed by atoms with Crippen molar-refractivity contribution in [2.75, 3.05) is 20.1 Å². The van der Waals surface area contributed by atoms with E-state index < -0.39 is 4.92 Å². The number of nitro groups is 1. The molecule has 0 radical (unpaired) electrons. The first-order valence-electron chi connectivity index (χ1n) is 5.60. The molecule has 0 aliphatic rings. The van der Waals surface area contributed by atoms with E-state index in [0.29, 0.717) is 12.2 Å². The van der Waals surface area contributed by atoms with Crippen LogP contribution in [-0.4, -0.2) is 36.0 Å². The molecule has 0 atom stereocenters. The van der Waals surface area contributed by atoms with Crippen LogP contribution >= 0.6 is 12.4 Å². The van der Waals surface area contributed by atoms with Crippen LogP contribution in [0, 0.1) is 17.0 Å². The van der Waals surface area contributed by atoms with E-state index in [4.69, 9.17) is 0 Å². The zero-order valence-corrected chi connectivity index (χ0v) is 11.6. The molecule has 19 heavy (non-hydrogen) atoms. The molecular formula is C11H17ClN4O3. The van der Waals surface area contributed by atoms with E-state index in [0.717, 1.165) is 19.2 Å². The highest BCUT2D eigenvalue weighted by Gasteiger charge is 2.15. The highest BCUT2D eigenvalue weighted by molar-refractivity contribution is 5.95. The number of pyridine rings is 1. The molecule has 1 aromatic rings. The summed E-state index contributed by atoms with van der Waals surface area (Å²) >= 11 is 0. The summed E-state index contributed by atoms with van der Waals surface area (Å²) < 4.78 is 0. The average Bonchev–Trinajstić information content (AvgIpc) is 2.34. The summed E-state index contributed by atoms with van der Waals surface area (Å²) in [6, 6.07) is 1.25. The van der Waals surface area contributed by atoms with Crippen molar-refractivity contribution in [1.29, 1.82) is 0 Å². The minimum absolute atomic E-state index is 0. The summed E-state index contributed by atoms with van der Waals surface area (Å²) in [4.78, 5) is 25.7. The Morgan fingerprint density at radius 2 is 2.16 bits per heavy atom. The second kappa shape index (κ2) is 8.39. The largest absolute Gasteiger partial charge is 0.352 e. The summed E-state index contributed by atoms with van der Waals surface area (Å²) in [5, 5.41) is 16.3. The lowest BCUT2D eigenvalue weighted by molar-refractivity contribution is -0.385. The lowest BCUT2D eigenvalue weighted by atomic mass is 10.2. The number of hydrogen-bond donors (Lipinski definition) is 2. The number of aryl methyl sites for hydroxylation is 1. The van der Waals surface area contributed by atoms with Crippen LogP contribution in [0.15, 0.2) is 12.3 Å². The molecule has 0 fully saturated rings. The maximum absolute atomic E-state index is 11.8. The molecule has 1 aromatic heterocycles. The summed E-state index contributed by atoms with van der Waals surface area (Å²) in [6.45, 7) is 2.96. The fourth-order valence-electron chi connectivity index (χ4n) is 1.41. The number of rotatable bonds is 6. The van der Waals surface area contributed by atoms with Gasteiger partial charge in [0.25, 0.3) is 11.6 Å². The van der Waals surface area contributed by atoms with Gasteiger partial charge in [0.1, 0.15) is 6.20 Å². The first kappa shape index (κ1) is 17.3. The van der Waals surface area contributed by atoms with Gasteiger partial charge in [-0.15, -0.1) is 12.4 Å². The van der Waals surface area contributed by atoms with Gasteiger partial charge in [0.15, 0.2) is 0 Å². The first-order chi connectivity index (χ1) is 8.56. The minimum Gasteiger partial charge on any atom is -0.352 e. The van der Waals surface area contributed by atoms with Gasteiger partial charge in [0, 0.05) is 12.6 Å². The Bertz CT molecular complexity index is 454. The van der Waals surface area contributed by atoms with Crippen LogP contribution in [0.5, 0.6) is 0 Å². The monoisotopic (exact) mass is 288 g/mol. The van der Waals surface area contributed by atoms with Gasteiger partial charge in [0.05, 0.1) is 16.2 Å². The second-order valence-corrected chi connectivity index (χ2v) is 3.80. The normalized spacial score (nSPS) is 9.58. The first-order valence-corrected chi connectivity index (χ1v) is 5.60. The van der Waals surface area contributed by atoms with Crippen LogP contribution in [0.2, 0.25) is 0 Å². The van der Waals surface area contributed by atoms with E-state index in [1.807, 2.05) is 7.05 Å². The van der Waals surface area contributed by atoms with E-state index >= 15 is 0 Å². The summed E-state index contributed by atoms with van der Waals surface area (Å²) in [6.07, 6.45) is 1.94. The number of carbonyl (C=O) groups excluding carboxylic acids is 1. The number of halogens is 1. The van der Waals surface area contributed by atoms with Gasteiger partial charge in [-0.2, -0.15) is 0 Å². The van der Waals surface area contributed by atoms with Gasteiger partial charge >= 0.3 is 0 Å². The quantitative estimate of drug-likeness (QED) is 0.463. The molecule has 0 saturated heterocycles. The predicted molar refractivity (Wildman–Crippen MR) is 73.8 cm³/mol. The van der Waals surface area contributed by atoms with E-state index in [1.165, 1.54) is 6.07 Å². The molecule has 0 aliphatic heterocycles. The summed E-state index contributed by atoms with van der Waals surface area (Å²) in [5.74, 6) is -0.334. The van der Waals surface area contributed by atoms with Crippen molar-refractivity contribution in [2.45, 2.75) is 13.3 Å². The number of nitrogens with one attached hydrogen (secondary N) is 2. The maximum atomic E-state index is 11.8. The molecule has 0 aromatic carbocycles. The molecule has 0 bridgehead atoms. The summed E-state index contributed by atoms with van der Waals surface area (Å²) in [7, 11) is 1.83. The third kappa shape index (κ3) is 5.19. The lowest BCUT2D eigenvalue weighted by Crippen LogP contribution is -2.27. The van der Waals surface area contributed by atoms with Gasteiger partial charge < -0.3 is 10.6 Å². The topological polar surface area (TPSA) is 97.2 Å². The van der Waals surface area contributed by atoms with Crippen molar-refractivity contribution in [2.24, 2.45) is 0 Å². The smallest absolute Gasteiger partial charge is 0.288 e. The molecule has 0 saturated carbocycles. The fraction of sp³-hybridized carbons (Fsp3) is 0.455. The molecule has 8 heteroatoms. The van der Waals surface area contributed by atoms with Crippen LogP contribution < -0.4 is 10.6 Å². The fourth-order valence-corrected chi connectivity index (χ4v) is 1.41. The van der Waals surface area contributed by atoms with E-state index in [9.17, 15) is 14.9 Å². The molecule has 0 unspecified atom stereocenters. The number of carbonyl (C=O) groups is 1. The van der Waals surface area contributed by atoms with Crippen molar-refractivity contribution in [3.05, 3.63) is 33.6 Å². The predicted octanol–water partition coefficient (Wildman–Crippen LogP) is 1.06. The molecule has 2 N–H and O–H groups in total. The third-order valence-corrected chi connectivity index (χ3v) is 2.42. The highest BCUT2D eigenvalue weighted by Crippen LogP contribution is 2.14. The van der Waals surface area contributed by atoms with Crippen molar-refractivity contribution < 1.29 is 9.72 Å². The van der Waals surface area contributed by atoms with E-state index in [-0.39, 0.29) is 29.6 Å². The van der Waals surface area contributed by atoms with Crippen molar-refractivity contribution >= 4 is 24.0 Å². The summed E-state index contributed by atoms with van der Waals surface area (Å²) in [5.41, 5.74) is 0.543. The van der Waals surface area contributed by atoms with Gasteiger partial charge in [0.2, 0.25) is 0 Å². The molecule has 106 valence electrons. The molecule has 1 amide bonds. The van der Waals surface area contributed by atoms with E-state index in [2.05, 4.69) is 15.6 Å². The van der Waals surface area contributed by atoms with Gasteiger partial charge in [-0.05, 0) is 26.9 Å². The molecule has 0 aliphatic carbocycles. The molecule has 7 nitrogen and oxygen atoms in total. The maximum Gasteiger partial charge on any atom is 0.288 e. The van der Waals surface area contributed by atoms with Gasteiger partial charge in [-0.1, -0.05) is 0 Å². The van der Waals surface area contributed by atoms with Crippen LogP contribution in [0.25, 0.3) is 0 Å². The zero-order chi connectivity index (χ0) is 13.5. The Balaban J connectivity index is 0.00000324. The Kier molecular flexibility index (Phi) is 7.62. The Labute approximate surface area is 117 Å². The molecule has 1 rings (SSSR count). The second-order valence-electron chi connectivity index (χ2n) is 3.80. The van der Waals surface area contributed by atoms with Crippen molar-refractivity contribution in [1.82, 2.24) is 15.6 Å². The van der Waals surface area contributed by atoms with Crippen LogP contribution in [0.1, 0.15) is 22.5 Å². The van der Waals surface area contributed by atoms with Crippen molar-refractivity contribution in [3.8, 4) is 0 Å². The van der Waals surface area contributed by atoms with Gasteiger partial charge in [-0.25, -0.2) is 0 Å². The lowest BCUT2D eigenvalue weighted by Gasteiger charge is -2.06. The number of amides is 1. The Morgan fingerprint density at radius 1 is 1.47 bits per heavy atom. The molecule has 0 spiro atoms. The average molecular weight is 289 g/mol. The number of hydrogen-bond acceptors (Lipinski definition) is 5. The highest BCUT2D eigenvalue weighted by atomic mass is 35.5. The molecule has 1 heterocycles. The standard InChI is InChI=1S/C11H16N4O3.ClH/c1-8-10(6-9(7-14-8)15(17)18)11(16)13-5-3-4-12-2;/h6-7,12H,3-5H2,1-2H3,(H,13,16);1H. The molecular weight excluding hydrogens is 272 g/mol. The zero-order valence-electron chi connectivity index (χ0n) is 10.8. The Morgan fingerprint density at radius 3 is 2.74 bits per heavy atom. The van der Waals surface area contributed by atoms with Crippen LogP contribution in [0.4, 0.5) is 5.69 Å². The van der Waals surface area contributed by atoms with Crippen LogP contribution in [-0.2, 0) is 0 Å².